The molecule has 1 spiro atoms. The minimum absolute atomic E-state index is 0.111. The number of hydrogen-bond donors (Lipinski definition) is 4. The fourth-order valence-corrected chi connectivity index (χ4v) is 9.67. The maximum atomic E-state index is 15.1. The number of ether oxygens (including phenoxy) is 1. The van der Waals surface area contributed by atoms with Gasteiger partial charge in [-0.05, 0) is 75.1 Å². The molecule has 4 N–H and O–H groups in total. The highest BCUT2D eigenvalue weighted by Gasteiger charge is 2.51. The van der Waals surface area contributed by atoms with Crippen LogP contribution in [0.2, 0.25) is 5.02 Å². The number of rotatable bonds is 7. The van der Waals surface area contributed by atoms with E-state index in [1.807, 2.05) is 23.9 Å². The Hall–Kier alpha value is -5.51. The van der Waals surface area contributed by atoms with E-state index < -0.39 is 30.0 Å². The molecule has 2 atom stereocenters. The maximum Gasteiger partial charge on any atom is 0.301 e. The number of alkyl halides is 2. The Morgan fingerprint density at radius 3 is 2.55 bits per heavy atom. The number of piperidine rings is 1. The lowest BCUT2D eigenvalue weighted by molar-refractivity contribution is -0.134. The highest BCUT2D eigenvalue weighted by Crippen LogP contribution is 2.48. The summed E-state index contributed by atoms with van der Waals surface area (Å²) in [7, 11) is 3.49. The number of halogens is 3. The van der Waals surface area contributed by atoms with Crippen LogP contribution in [0.4, 0.5) is 37.6 Å². The second kappa shape index (κ2) is 13.5. The number of pyridine rings is 1. The first-order valence-corrected chi connectivity index (χ1v) is 20.3. The van der Waals surface area contributed by atoms with Crippen LogP contribution < -0.4 is 36.5 Å². The Bertz CT molecular complexity index is 2580. The highest BCUT2D eigenvalue weighted by atomic mass is 35.5. The van der Waals surface area contributed by atoms with Gasteiger partial charge in [-0.15, -0.1) is 0 Å². The number of aryl methyl sites for hydroxylation is 2. The number of amides is 2. The predicted molar refractivity (Wildman–Crippen MR) is 216 cm³/mol. The molecule has 302 valence electrons. The SMILES string of the molecule is Cn1nc(C2CCC(=O)NC2=O)c2cccc(NC3CCC4(CC3)CN(c3ncc(Cl)c(Nc5ccc6c(c5)c5c(c(=O)n6C)OCC(F)(F)C(C6CC6)N5)n3)C4)c21. The summed E-state index contributed by atoms with van der Waals surface area (Å²) in [5.74, 6) is -3.45. The van der Waals surface area contributed by atoms with Crippen LogP contribution in [-0.2, 0) is 23.7 Å². The number of fused-ring (bicyclic) bond motifs is 4. The molecule has 3 aliphatic heterocycles. The van der Waals surface area contributed by atoms with E-state index in [-0.39, 0.29) is 40.6 Å². The minimum Gasteiger partial charge on any atom is -0.480 e. The molecule has 17 heteroatoms. The Labute approximate surface area is 336 Å². The number of carbonyl (C=O) groups is 2. The Morgan fingerprint density at radius 1 is 1.00 bits per heavy atom. The lowest BCUT2D eigenvalue weighted by Crippen LogP contribution is -2.59. The summed E-state index contributed by atoms with van der Waals surface area (Å²) >= 11 is 6.62. The molecule has 2 saturated heterocycles. The summed E-state index contributed by atoms with van der Waals surface area (Å²) in [6, 6.07) is 10.6. The van der Waals surface area contributed by atoms with Gasteiger partial charge in [-0.25, -0.2) is 13.8 Å². The highest BCUT2D eigenvalue weighted by molar-refractivity contribution is 6.33. The van der Waals surface area contributed by atoms with Gasteiger partial charge in [0.25, 0.3) is 5.56 Å². The fourth-order valence-electron chi connectivity index (χ4n) is 9.53. The molecule has 14 nitrogen and oxygen atoms in total. The Kier molecular flexibility index (Phi) is 8.59. The molecule has 2 unspecified atom stereocenters. The van der Waals surface area contributed by atoms with Crippen LogP contribution in [0.3, 0.4) is 0 Å². The summed E-state index contributed by atoms with van der Waals surface area (Å²) in [6.45, 7) is 0.783. The molecule has 6 heterocycles. The van der Waals surface area contributed by atoms with Crippen molar-refractivity contribution in [2.45, 2.75) is 75.3 Å². The fraction of sp³-hybridized carbons (Fsp3) is 0.463. The van der Waals surface area contributed by atoms with Gasteiger partial charge in [0, 0.05) is 61.5 Å². The second-order valence-corrected chi connectivity index (χ2v) is 17.2. The van der Waals surface area contributed by atoms with E-state index in [2.05, 4.69) is 37.2 Å². The van der Waals surface area contributed by atoms with E-state index in [1.54, 1.807) is 31.4 Å². The zero-order chi connectivity index (χ0) is 40.1. The first kappa shape index (κ1) is 36.8. The van der Waals surface area contributed by atoms with E-state index in [9.17, 15) is 14.4 Å². The smallest absolute Gasteiger partial charge is 0.301 e. The molecular formula is C41H43ClF2N10O4. The molecule has 5 aromatic rings. The number of imide groups is 1. The van der Waals surface area contributed by atoms with Crippen molar-refractivity contribution in [3.05, 3.63) is 63.7 Å². The molecule has 58 heavy (non-hydrogen) atoms. The van der Waals surface area contributed by atoms with Crippen molar-refractivity contribution in [2.75, 3.05) is 40.5 Å². The van der Waals surface area contributed by atoms with Crippen LogP contribution >= 0.6 is 11.6 Å². The summed E-state index contributed by atoms with van der Waals surface area (Å²) < 4.78 is 39.0. The normalized spacial score (nSPS) is 22.8. The van der Waals surface area contributed by atoms with Crippen molar-refractivity contribution in [2.24, 2.45) is 25.4 Å². The molecule has 2 amide bonds. The first-order chi connectivity index (χ1) is 27.9. The number of nitrogens with one attached hydrogen (secondary N) is 4. The number of carbonyl (C=O) groups excluding carboxylic acids is 2. The Balaban J connectivity index is 0.818. The average molecular weight is 813 g/mol. The van der Waals surface area contributed by atoms with Gasteiger partial charge < -0.3 is 30.2 Å². The topological polar surface area (TPSA) is 160 Å². The molecule has 4 fully saturated rings. The number of anilines is 5. The van der Waals surface area contributed by atoms with Crippen molar-refractivity contribution in [3.63, 3.8) is 0 Å². The molecule has 3 aromatic heterocycles. The molecule has 2 aromatic carbocycles. The third-order valence-electron chi connectivity index (χ3n) is 12.8. The molecule has 0 radical (unpaired) electrons. The van der Waals surface area contributed by atoms with Gasteiger partial charge in [-0.1, -0.05) is 23.7 Å². The molecule has 10 rings (SSSR count). The van der Waals surface area contributed by atoms with E-state index in [1.165, 1.54) is 4.57 Å². The van der Waals surface area contributed by atoms with Gasteiger partial charge in [0.15, 0.2) is 12.4 Å². The average Bonchev–Trinajstić information content (AvgIpc) is 3.99. The number of aromatic nitrogens is 5. The number of hydrogen-bond acceptors (Lipinski definition) is 11. The first-order valence-electron chi connectivity index (χ1n) is 19.9. The second-order valence-electron chi connectivity index (χ2n) is 16.8. The molecule has 5 aliphatic rings. The van der Waals surface area contributed by atoms with Crippen molar-refractivity contribution in [3.8, 4) is 5.75 Å². The summed E-state index contributed by atoms with van der Waals surface area (Å²) in [4.78, 5) is 49.2. The molecule has 2 aliphatic carbocycles. The van der Waals surface area contributed by atoms with Crippen molar-refractivity contribution in [1.29, 1.82) is 0 Å². The summed E-state index contributed by atoms with van der Waals surface area (Å²) in [5, 5.41) is 19.1. The van der Waals surface area contributed by atoms with Crippen molar-refractivity contribution < 1.29 is 23.1 Å². The lowest BCUT2D eigenvalue weighted by atomic mass is 9.67. The zero-order valence-corrected chi connectivity index (χ0v) is 32.8. The van der Waals surface area contributed by atoms with Crippen LogP contribution in [0.15, 0.2) is 47.4 Å². The van der Waals surface area contributed by atoms with Gasteiger partial charge >= 0.3 is 5.92 Å². The van der Waals surface area contributed by atoms with Crippen LogP contribution in [-0.4, -0.2) is 73.8 Å². The largest absolute Gasteiger partial charge is 0.480 e. The third kappa shape index (κ3) is 6.27. The van der Waals surface area contributed by atoms with Crippen LogP contribution in [0, 0.1) is 11.3 Å². The molecular weight excluding hydrogens is 770 g/mol. The van der Waals surface area contributed by atoms with Crippen LogP contribution in [0.5, 0.6) is 5.75 Å². The van der Waals surface area contributed by atoms with Gasteiger partial charge in [0.05, 0.1) is 46.3 Å². The monoisotopic (exact) mass is 812 g/mol. The number of para-hydroxylation sites is 1. The minimum atomic E-state index is -3.13. The van der Waals surface area contributed by atoms with E-state index >= 15 is 8.78 Å². The summed E-state index contributed by atoms with van der Waals surface area (Å²) in [5.41, 5.74) is 3.77. The van der Waals surface area contributed by atoms with Crippen LogP contribution in [0.25, 0.3) is 21.8 Å². The van der Waals surface area contributed by atoms with Gasteiger partial charge in [-0.2, -0.15) is 10.1 Å². The van der Waals surface area contributed by atoms with Crippen molar-refractivity contribution in [1.82, 2.24) is 29.6 Å². The third-order valence-corrected chi connectivity index (χ3v) is 13.1. The van der Waals surface area contributed by atoms with E-state index in [0.717, 1.165) is 55.4 Å². The maximum absolute atomic E-state index is 15.1. The Morgan fingerprint density at radius 2 is 1.79 bits per heavy atom. The van der Waals surface area contributed by atoms with Crippen LogP contribution in [0.1, 0.15) is 63.0 Å². The quantitative estimate of drug-likeness (QED) is 0.138. The zero-order valence-electron chi connectivity index (χ0n) is 32.1. The predicted octanol–water partition coefficient (Wildman–Crippen LogP) is 6.21. The molecule has 2 saturated carbocycles. The van der Waals surface area contributed by atoms with E-state index in [4.69, 9.17) is 26.4 Å². The van der Waals surface area contributed by atoms with E-state index in [0.29, 0.717) is 64.8 Å². The van der Waals surface area contributed by atoms with Gasteiger partial charge in [-0.3, -0.25) is 24.4 Å². The van der Waals surface area contributed by atoms with Gasteiger partial charge in [0.1, 0.15) is 5.02 Å². The standard InChI is InChI=1S/C41H43ClF2N10O4/c1-52-29-10-8-23(16-26(29)32-34(38(52)57)58-20-41(43,44)35(49-32)21-6-7-21)47-36-27(42)17-45-39(50-36)54-18-40(19-54)14-12-22(13-15-40)46-28-5-3-4-24-31(51-53(2)33(24)28)25-9-11-30(55)48-37(25)56/h3-5,8,10,16-17,21-22,25,35,46,49H,6-7,9,11-15,18-20H2,1-2H3,(H,45,47,50)(H,48,55,56). The van der Waals surface area contributed by atoms with Gasteiger partial charge in [0.2, 0.25) is 23.5 Å². The lowest BCUT2D eigenvalue weighted by Gasteiger charge is -2.53. The molecule has 0 bridgehead atoms. The number of benzene rings is 2. The number of nitrogens with zero attached hydrogens (tertiary/aromatic N) is 6. The summed E-state index contributed by atoms with van der Waals surface area (Å²) in [6.07, 6.45) is 7.80. The van der Waals surface area contributed by atoms with Crippen molar-refractivity contribution >= 4 is 74.0 Å².